The van der Waals surface area contributed by atoms with Crippen molar-refractivity contribution in [2.75, 3.05) is 20.3 Å². The number of fused-ring (bicyclic) bond motifs is 15. The number of hydrogen-bond donors (Lipinski definition) is 4. The standard InChI is InChI=1S/C45H52N8O9/c1-27(2)19-36-44(58)53-25-31(54)22-39(53)43(57)46-35(21-29-23-51(3)38-11-7-5-9-33(29)38)42(56)48-37(45(59)60-4)20-28-13-15-32(16-14-28)61-18-17-52-24-30(49-50-52)26-62-40-12-8-6-10-34(40)41(55)47-36/h5-16,23-24,27,31,35-37,39,54H,17-22,25-26H2,1-4H3,(H,46,57)(H,47,55)(H,48,56)/t31-,35-,36+,37-,39+/m0/s1. The van der Waals surface area contributed by atoms with Crippen LogP contribution in [0.3, 0.4) is 0 Å². The number of nitrogens with zero attached hydrogens (tertiary/aromatic N) is 5. The zero-order valence-corrected chi connectivity index (χ0v) is 35.2. The van der Waals surface area contributed by atoms with E-state index in [2.05, 4.69) is 26.3 Å². The third-order valence-corrected chi connectivity index (χ3v) is 11.1. The second-order valence-electron chi connectivity index (χ2n) is 16.1. The van der Waals surface area contributed by atoms with Crippen molar-refractivity contribution >= 4 is 40.5 Å². The van der Waals surface area contributed by atoms with Crippen LogP contribution in [0.1, 0.15) is 53.9 Å². The van der Waals surface area contributed by atoms with E-state index in [-0.39, 0.29) is 62.7 Å². The predicted molar refractivity (Wildman–Crippen MR) is 226 cm³/mol. The summed E-state index contributed by atoms with van der Waals surface area (Å²) in [5.74, 6) is -2.37. The molecule has 0 unspecified atom stereocenters. The van der Waals surface area contributed by atoms with Crippen LogP contribution in [0.4, 0.5) is 0 Å². The van der Waals surface area contributed by atoms with Crippen molar-refractivity contribution in [3.8, 4) is 11.5 Å². The third-order valence-electron chi connectivity index (χ3n) is 11.1. The Bertz CT molecular complexity index is 2410. The van der Waals surface area contributed by atoms with Crippen molar-refractivity contribution < 1.29 is 43.3 Å². The van der Waals surface area contributed by atoms with Crippen molar-refractivity contribution in [3.05, 3.63) is 108 Å². The summed E-state index contributed by atoms with van der Waals surface area (Å²) >= 11 is 0. The average molecular weight is 849 g/mol. The number of esters is 1. The maximum absolute atomic E-state index is 14.5. The average Bonchev–Trinajstić information content (AvgIpc) is 3.98. The number of aryl methyl sites for hydroxylation is 1. The molecular weight excluding hydrogens is 797 g/mol. The molecule has 5 heterocycles. The van der Waals surface area contributed by atoms with Gasteiger partial charge in [0.25, 0.3) is 5.91 Å². The fraction of sp³-hybridized carbons (Fsp3) is 0.400. The van der Waals surface area contributed by atoms with Gasteiger partial charge in [-0.25, -0.2) is 9.48 Å². The van der Waals surface area contributed by atoms with Gasteiger partial charge in [-0.05, 0) is 53.8 Å². The van der Waals surface area contributed by atoms with Crippen LogP contribution in [0.25, 0.3) is 10.9 Å². The predicted octanol–water partition coefficient (Wildman–Crippen LogP) is 2.48. The zero-order chi connectivity index (χ0) is 43.9. The van der Waals surface area contributed by atoms with Gasteiger partial charge in [0, 0.05) is 50.0 Å². The van der Waals surface area contributed by atoms with Crippen LogP contribution in [-0.2, 0) is 57.0 Å². The van der Waals surface area contributed by atoms with Crippen LogP contribution in [0, 0.1) is 5.92 Å². The van der Waals surface area contributed by atoms with E-state index < -0.39 is 59.9 Å². The number of hydrogen-bond acceptors (Lipinski definition) is 11. The first-order valence-corrected chi connectivity index (χ1v) is 20.7. The van der Waals surface area contributed by atoms with E-state index in [0.717, 1.165) is 16.5 Å². The van der Waals surface area contributed by atoms with E-state index >= 15 is 0 Å². The summed E-state index contributed by atoms with van der Waals surface area (Å²) < 4.78 is 20.6. The number of ether oxygens (including phenoxy) is 3. The molecule has 5 atom stereocenters. The number of benzene rings is 3. The Morgan fingerprint density at radius 1 is 0.919 bits per heavy atom. The molecule has 17 nitrogen and oxygen atoms in total. The highest BCUT2D eigenvalue weighted by molar-refractivity contribution is 6.01. The highest BCUT2D eigenvalue weighted by atomic mass is 16.5. The van der Waals surface area contributed by atoms with Gasteiger partial charge in [-0.2, -0.15) is 0 Å². The van der Waals surface area contributed by atoms with E-state index in [1.165, 1.54) is 12.0 Å². The Morgan fingerprint density at radius 2 is 1.68 bits per heavy atom. The molecule has 2 aromatic heterocycles. The van der Waals surface area contributed by atoms with Crippen molar-refractivity contribution in [2.24, 2.45) is 13.0 Å². The summed E-state index contributed by atoms with van der Waals surface area (Å²) in [4.78, 5) is 71.7. The van der Waals surface area contributed by atoms with E-state index in [1.54, 1.807) is 59.4 Å². The molecule has 62 heavy (non-hydrogen) atoms. The van der Waals surface area contributed by atoms with E-state index in [4.69, 9.17) is 14.2 Å². The molecule has 1 fully saturated rings. The molecule has 0 radical (unpaired) electrons. The van der Waals surface area contributed by atoms with Crippen LogP contribution in [0.15, 0.2) is 85.2 Å². The van der Waals surface area contributed by atoms with Gasteiger partial charge in [-0.15, -0.1) is 5.10 Å². The highest BCUT2D eigenvalue weighted by Gasteiger charge is 2.43. The Hall–Kier alpha value is -6.75. The Morgan fingerprint density at radius 3 is 2.45 bits per heavy atom. The molecule has 0 saturated carbocycles. The third kappa shape index (κ3) is 10.2. The Balaban J connectivity index is 1.22. The van der Waals surface area contributed by atoms with Gasteiger partial charge >= 0.3 is 5.97 Å². The number of para-hydroxylation sites is 2. The highest BCUT2D eigenvalue weighted by Crippen LogP contribution is 2.26. The molecule has 17 heteroatoms. The number of carbonyl (C=O) groups is 5. The quantitative estimate of drug-likeness (QED) is 0.189. The maximum atomic E-state index is 14.5. The fourth-order valence-corrected chi connectivity index (χ4v) is 7.99. The minimum atomic E-state index is -1.22. The minimum absolute atomic E-state index is 0.00877. The largest absolute Gasteiger partial charge is 0.492 e. The second-order valence-corrected chi connectivity index (χ2v) is 16.1. The van der Waals surface area contributed by atoms with Crippen LogP contribution in [-0.4, -0.2) is 110 Å². The number of aliphatic hydroxyl groups excluding tert-OH is 1. The van der Waals surface area contributed by atoms with Crippen LogP contribution in [0.2, 0.25) is 0 Å². The summed E-state index contributed by atoms with van der Waals surface area (Å²) in [6, 6.07) is 16.7. The number of amides is 4. The molecule has 1 saturated heterocycles. The van der Waals surface area contributed by atoms with Gasteiger partial charge in [0.1, 0.15) is 54.6 Å². The number of aliphatic hydroxyl groups is 1. The van der Waals surface area contributed by atoms with Crippen molar-refractivity contribution in [1.82, 2.24) is 40.4 Å². The zero-order valence-electron chi connectivity index (χ0n) is 35.2. The molecule has 5 aromatic rings. The summed E-state index contributed by atoms with van der Waals surface area (Å²) in [6.07, 6.45) is 2.77. The van der Waals surface area contributed by atoms with Gasteiger partial charge in [-0.1, -0.05) is 61.5 Å². The SMILES string of the molecule is COC(=O)[C@@H]1Cc2ccc(cc2)OCCn2cc(nn2)COc2ccccc2C(=O)N[C@H](CC(C)C)C(=O)N2C[C@@H](O)C[C@@H]2C(=O)N[C@@H](Cc2cn(C)c3ccccc23)C(=O)N1. The first kappa shape index (κ1) is 43.3. The maximum Gasteiger partial charge on any atom is 0.328 e. The Kier molecular flexibility index (Phi) is 13.5. The minimum Gasteiger partial charge on any atom is -0.492 e. The monoisotopic (exact) mass is 848 g/mol. The number of aromatic nitrogens is 4. The summed E-state index contributed by atoms with van der Waals surface area (Å²) in [5.41, 5.74) is 3.08. The summed E-state index contributed by atoms with van der Waals surface area (Å²) in [7, 11) is 3.11. The molecule has 4 bridgehead atoms. The van der Waals surface area contributed by atoms with Gasteiger partial charge < -0.3 is 44.7 Å². The van der Waals surface area contributed by atoms with E-state index in [0.29, 0.717) is 23.6 Å². The van der Waals surface area contributed by atoms with Crippen LogP contribution >= 0.6 is 0 Å². The second kappa shape index (κ2) is 19.3. The van der Waals surface area contributed by atoms with Crippen LogP contribution in [0.5, 0.6) is 11.5 Å². The molecule has 4 N–H and O–H groups in total. The molecule has 8 rings (SSSR count). The normalized spacial score (nSPS) is 21.8. The first-order valence-electron chi connectivity index (χ1n) is 20.7. The summed E-state index contributed by atoms with van der Waals surface area (Å²) in [6.45, 7) is 4.29. The van der Waals surface area contributed by atoms with Crippen molar-refractivity contribution in [2.45, 2.75) is 83.0 Å². The molecule has 0 aliphatic carbocycles. The van der Waals surface area contributed by atoms with Crippen LogP contribution < -0.4 is 25.4 Å². The lowest BCUT2D eigenvalue weighted by atomic mass is 10.0. The lowest BCUT2D eigenvalue weighted by molar-refractivity contribution is -0.145. The molecule has 3 aliphatic rings. The lowest BCUT2D eigenvalue weighted by Crippen LogP contribution is -2.58. The first-order chi connectivity index (χ1) is 29.9. The Labute approximate surface area is 358 Å². The molecule has 3 aliphatic heterocycles. The number of rotatable bonds is 5. The van der Waals surface area contributed by atoms with Crippen molar-refractivity contribution in [3.63, 3.8) is 0 Å². The lowest BCUT2D eigenvalue weighted by Gasteiger charge is -2.30. The molecule has 4 amide bonds. The smallest absolute Gasteiger partial charge is 0.328 e. The molecule has 326 valence electrons. The van der Waals surface area contributed by atoms with Crippen molar-refractivity contribution in [1.29, 1.82) is 0 Å². The van der Waals surface area contributed by atoms with E-state index in [1.807, 2.05) is 55.9 Å². The molecular formula is C45H52N8O9. The number of carbonyl (C=O) groups excluding carboxylic acids is 5. The van der Waals surface area contributed by atoms with Gasteiger partial charge in [0.2, 0.25) is 17.7 Å². The van der Waals surface area contributed by atoms with Gasteiger partial charge in [0.05, 0.1) is 31.5 Å². The summed E-state index contributed by atoms with van der Waals surface area (Å²) in [5, 5.41) is 28.7. The van der Waals surface area contributed by atoms with Gasteiger partial charge in [-0.3, -0.25) is 19.2 Å². The van der Waals surface area contributed by atoms with E-state index in [9.17, 15) is 29.1 Å². The molecule has 0 spiro atoms. The van der Waals surface area contributed by atoms with Gasteiger partial charge in [0.15, 0.2) is 0 Å². The number of nitrogens with one attached hydrogen (secondary N) is 3. The molecule has 3 aromatic carbocycles. The fourth-order valence-electron chi connectivity index (χ4n) is 7.99. The topological polar surface area (TPSA) is 208 Å². The number of methoxy groups -OCH3 is 1.